The van der Waals surface area contributed by atoms with E-state index in [9.17, 15) is 20.0 Å². The van der Waals surface area contributed by atoms with Crippen LogP contribution in [0.4, 0.5) is 0 Å². The van der Waals surface area contributed by atoms with Gasteiger partial charge in [-0.05, 0) is 0 Å². The zero-order chi connectivity index (χ0) is 19.0. The molecular weight excluding hydrogens is 339 g/mol. The predicted octanol–water partition coefficient (Wildman–Crippen LogP) is 3.89. The zero-order valence-electron chi connectivity index (χ0n) is 15.8. The molecule has 0 aliphatic rings. The third-order valence-electron chi connectivity index (χ3n) is 5.11. The van der Waals surface area contributed by atoms with Gasteiger partial charge in [0.25, 0.3) is 0 Å². The molecule has 146 valence electrons. The molecule has 0 saturated heterocycles. The molecule has 25 heavy (non-hydrogen) atoms. The molecule has 0 fully saturated rings. The standard InChI is InChI=1S/C19H35O5P/c1-4-6-14-19(3,17-11-9-8-10-12-17)25(22,23,18(21)13-15-20)24-16-7-5-2/h8-12,18,20-23H,4-7,13-16H2,1-3H3. The first-order chi connectivity index (χ1) is 11.8. The van der Waals surface area contributed by atoms with E-state index in [0.717, 1.165) is 24.8 Å². The predicted molar refractivity (Wildman–Crippen MR) is 103 cm³/mol. The zero-order valence-corrected chi connectivity index (χ0v) is 16.7. The molecule has 0 aliphatic heterocycles. The number of rotatable bonds is 12. The summed E-state index contributed by atoms with van der Waals surface area (Å²) in [6.45, 7) is 5.62. The molecule has 6 heteroatoms. The number of hydrogen-bond donors (Lipinski definition) is 4. The Balaban J connectivity index is 3.46. The molecule has 5 nitrogen and oxygen atoms in total. The first kappa shape index (κ1) is 22.5. The van der Waals surface area contributed by atoms with Gasteiger partial charge in [0.15, 0.2) is 0 Å². The number of benzene rings is 1. The van der Waals surface area contributed by atoms with Crippen molar-refractivity contribution in [2.24, 2.45) is 0 Å². The Labute approximate surface area is 151 Å². The maximum absolute atomic E-state index is 11.6. The molecule has 1 aromatic rings. The van der Waals surface area contributed by atoms with Crippen LogP contribution in [-0.4, -0.2) is 39.1 Å². The molecule has 2 unspecified atom stereocenters. The van der Waals surface area contributed by atoms with Crippen molar-refractivity contribution >= 4 is 7.28 Å². The fraction of sp³-hybridized carbons (Fsp3) is 0.684. The molecule has 0 amide bonds. The van der Waals surface area contributed by atoms with Gasteiger partial charge in [-0.25, -0.2) is 0 Å². The van der Waals surface area contributed by atoms with Gasteiger partial charge < -0.3 is 0 Å². The Bertz CT molecular complexity index is 508. The number of aliphatic hydroxyl groups is 2. The maximum atomic E-state index is 11.6. The van der Waals surface area contributed by atoms with Gasteiger partial charge in [0, 0.05) is 0 Å². The van der Waals surface area contributed by atoms with Gasteiger partial charge >= 0.3 is 151 Å². The number of unbranched alkanes of at least 4 members (excludes halogenated alkanes) is 2. The summed E-state index contributed by atoms with van der Waals surface area (Å²) in [6.07, 6.45) is 3.52. The average Bonchev–Trinajstić information content (AvgIpc) is 2.60. The van der Waals surface area contributed by atoms with Crippen LogP contribution >= 0.6 is 7.28 Å². The van der Waals surface area contributed by atoms with Crippen molar-refractivity contribution in [2.45, 2.75) is 70.3 Å². The van der Waals surface area contributed by atoms with Crippen molar-refractivity contribution in [3.05, 3.63) is 35.9 Å². The minimum absolute atomic E-state index is 0.133. The summed E-state index contributed by atoms with van der Waals surface area (Å²) in [4.78, 5) is 23.2. The van der Waals surface area contributed by atoms with Crippen LogP contribution in [0.25, 0.3) is 0 Å². The molecular formula is C19H35O5P. The van der Waals surface area contributed by atoms with E-state index in [4.69, 9.17) is 4.52 Å². The molecule has 2 atom stereocenters. The van der Waals surface area contributed by atoms with Gasteiger partial charge in [-0.1, -0.05) is 0 Å². The van der Waals surface area contributed by atoms with Crippen molar-refractivity contribution in [3.8, 4) is 0 Å². The Hall–Kier alpha value is -0.550. The fourth-order valence-electron chi connectivity index (χ4n) is 3.21. The Morgan fingerprint density at radius 2 is 1.68 bits per heavy atom. The fourth-order valence-corrected chi connectivity index (χ4v) is 6.61. The van der Waals surface area contributed by atoms with Crippen LogP contribution in [0, 0.1) is 0 Å². The Morgan fingerprint density at radius 1 is 1.08 bits per heavy atom. The summed E-state index contributed by atoms with van der Waals surface area (Å²) in [5.41, 5.74) is 0.736. The Kier molecular flexibility index (Phi) is 8.46. The Morgan fingerprint density at radius 3 is 2.20 bits per heavy atom. The van der Waals surface area contributed by atoms with Crippen molar-refractivity contribution < 1.29 is 24.5 Å². The first-order valence-corrected chi connectivity index (χ1v) is 11.4. The van der Waals surface area contributed by atoms with Crippen LogP contribution in [0.1, 0.15) is 64.9 Å². The van der Waals surface area contributed by atoms with Gasteiger partial charge in [0.1, 0.15) is 0 Å². The third-order valence-corrected chi connectivity index (χ3v) is 9.47. The topological polar surface area (TPSA) is 90.2 Å². The van der Waals surface area contributed by atoms with Crippen LogP contribution < -0.4 is 0 Å². The minimum atomic E-state index is -5.05. The summed E-state index contributed by atoms with van der Waals surface area (Å²) in [5, 5.41) is 18.8. The second-order valence-electron chi connectivity index (χ2n) is 6.93. The third kappa shape index (κ3) is 4.60. The van der Waals surface area contributed by atoms with E-state index in [0.29, 0.717) is 12.8 Å². The van der Waals surface area contributed by atoms with E-state index in [-0.39, 0.29) is 19.6 Å². The summed E-state index contributed by atoms with van der Waals surface area (Å²) < 4.78 is 5.77. The van der Waals surface area contributed by atoms with Crippen LogP contribution in [-0.2, 0) is 9.68 Å². The summed E-state index contributed by atoms with van der Waals surface area (Å²) in [7, 11) is -5.05. The van der Waals surface area contributed by atoms with Crippen LogP contribution in [0.5, 0.6) is 0 Å². The quantitative estimate of drug-likeness (QED) is 0.329. The summed E-state index contributed by atoms with van der Waals surface area (Å²) in [6, 6.07) is 9.26. The normalized spacial score (nSPS) is 17.5. The van der Waals surface area contributed by atoms with E-state index in [1.807, 2.05) is 44.2 Å². The SMILES string of the molecule is CCCCOP(O)(O)(C(O)CCO)C(C)(CCCC)c1ccccc1. The van der Waals surface area contributed by atoms with E-state index in [1.165, 1.54) is 0 Å². The monoisotopic (exact) mass is 374 g/mol. The molecule has 0 bridgehead atoms. The van der Waals surface area contributed by atoms with Crippen LogP contribution in [0.3, 0.4) is 0 Å². The molecule has 0 radical (unpaired) electrons. The molecule has 0 aromatic heterocycles. The number of aliphatic hydroxyl groups excluding tert-OH is 2. The van der Waals surface area contributed by atoms with Crippen molar-refractivity contribution in [1.82, 2.24) is 0 Å². The van der Waals surface area contributed by atoms with Crippen molar-refractivity contribution in [2.75, 3.05) is 13.2 Å². The van der Waals surface area contributed by atoms with Gasteiger partial charge in [-0.15, -0.1) is 0 Å². The van der Waals surface area contributed by atoms with E-state index in [1.54, 1.807) is 6.92 Å². The van der Waals surface area contributed by atoms with E-state index >= 15 is 0 Å². The van der Waals surface area contributed by atoms with E-state index in [2.05, 4.69) is 0 Å². The van der Waals surface area contributed by atoms with Gasteiger partial charge in [-0.3, -0.25) is 0 Å². The number of hydrogen-bond acceptors (Lipinski definition) is 5. The van der Waals surface area contributed by atoms with Crippen molar-refractivity contribution in [1.29, 1.82) is 0 Å². The van der Waals surface area contributed by atoms with Crippen molar-refractivity contribution in [3.63, 3.8) is 0 Å². The first-order valence-electron chi connectivity index (χ1n) is 9.26. The molecule has 0 spiro atoms. The van der Waals surface area contributed by atoms with Gasteiger partial charge in [-0.2, -0.15) is 0 Å². The molecule has 1 rings (SSSR count). The van der Waals surface area contributed by atoms with Crippen LogP contribution in [0.2, 0.25) is 0 Å². The average molecular weight is 374 g/mol. The molecule has 0 saturated carbocycles. The molecule has 1 aromatic carbocycles. The molecule has 0 heterocycles. The summed E-state index contributed by atoms with van der Waals surface area (Å²) >= 11 is 0. The van der Waals surface area contributed by atoms with Gasteiger partial charge in [0.2, 0.25) is 0 Å². The van der Waals surface area contributed by atoms with Gasteiger partial charge in [0.05, 0.1) is 0 Å². The summed E-state index contributed by atoms with van der Waals surface area (Å²) in [5.74, 6) is -1.52. The second-order valence-corrected chi connectivity index (χ2v) is 10.8. The molecule has 0 aliphatic carbocycles. The van der Waals surface area contributed by atoms with Crippen LogP contribution in [0.15, 0.2) is 30.3 Å². The second kappa shape index (κ2) is 9.40. The molecule has 4 N–H and O–H groups in total. The van der Waals surface area contributed by atoms with E-state index < -0.39 is 18.3 Å².